The van der Waals surface area contributed by atoms with E-state index in [9.17, 15) is 13.0 Å². The van der Waals surface area contributed by atoms with Gasteiger partial charge in [0, 0.05) is 13.0 Å². The van der Waals surface area contributed by atoms with Gasteiger partial charge in [0.2, 0.25) is 0 Å². The molecule has 0 fully saturated rings. The highest BCUT2D eigenvalue weighted by Crippen LogP contribution is 2.42. The molecule has 0 amide bonds. The Labute approximate surface area is 146 Å². The van der Waals surface area contributed by atoms with Gasteiger partial charge in [-0.3, -0.25) is 4.55 Å². The molecule has 0 aliphatic heterocycles. The Bertz CT molecular complexity index is 617. The van der Waals surface area contributed by atoms with E-state index in [1.165, 1.54) is 0 Å². The molecular weight excluding hydrogens is 328 g/mol. The van der Waals surface area contributed by atoms with Gasteiger partial charge in [-0.25, -0.2) is 0 Å². The number of para-hydroxylation sites is 1. The Morgan fingerprint density at radius 3 is 1.96 bits per heavy atom. The molecule has 0 aliphatic carbocycles. The zero-order chi connectivity index (χ0) is 18.6. The van der Waals surface area contributed by atoms with Crippen LogP contribution in [0.15, 0.2) is 30.3 Å². The number of hydrogen-bond donors (Lipinski definition) is 1. The lowest BCUT2D eigenvalue weighted by Crippen LogP contribution is -2.50. The normalized spacial score (nSPS) is 15.8. The Morgan fingerprint density at radius 2 is 1.54 bits per heavy atom. The fourth-order valence-electron chi connectivity index (χ4n) is 3.31. The van der Waals surface area contributed by atoms with Crippen molar-refractivity contribution in [2.45, 2.75) is 59.5 Å². The van der Waals surface area contributed by atoms with Crippen molar-refractivity contribution in [2.24, 2.45) is 10.8 Å². The van der Waals surface area contributed by atoms with Crippen molar-refractivity contribution in [1.82, 2.24) is 0 Å². The number of benzene rings is 1. The van der Waals surface area contributed by atoms with E-state index in [4.69, 9.17) is 9.47 Å². The first kappa shape index (κ1) is 20.9. The largest absolute Gasteiger partial charge is 0.447 e. The van der Waals surface area contributed by atoms with Crippen LogP contribution in [0, 0.1) is 10.8 Å². The van der Waals surface area contributed by atoms with Crippen molar-refractivity contribution in [2.75, 3.05) is 6.61 Å². The fraction of sp³-hybridized carbons (Fsp3) is 0.667. The molecule has 0 aromatic heterocycles. The maximum Gasteiger partial charge on any atom is 0.341 e. The summed E-state index contributed by atoms with van der Waals surface area (Å²) in [5.74, 6) is 0.329. The molecule has 0 spiro atoms. The van der Waals surface area contributed by atoms with Crippen LogP contribution in [0.25, 0.3) is 0 Å². The van der Waals surface area contributed by atoms with Crippen molar-refractivity contribution >= 4 is 10.1 Å². The predicted octanol–water partition coefficient (Wildman–Crippen LogP) is 4.50. The molecule has 0 bridgehead atoms. The Hall–Kier alpha value is -1.11. The monoisotopic (exact) mass is 358 g/mol. The highest BCUT2D eigenvalue weighted by atomic mass is 32.2. The minimum atomic E-state index is -4.62. The van der Waals surface area contributed by atoms with E-state index in [-0.39, 0.29) is 18.4 Å². The average molecular weight is 359 g/mol. The summed E-state index contributed by atoms with van der Waals surface area (Å²) >= 11 is 0. The summed E-state index contributed by atoms with van der Waals surface area (Å²) in [6.07, 6.45) is 0.751. The topological polar surface area (TPSA) is 72.8 Å². The lowest BCUT2D eigenvalue weighted by atomic mass is 9.74. The molecule has 0 radical (unpaired) electrons. The van der Waals surface area contributed by atoms with E-state index in [0.29, 0.717) is 5.75 Å². The van der Waals surface area contributed by atoms with Crippen molar-refractivity contribution in [3.63, 3.8) is 0 Å². The first-order valence-corrected chi connectivity index (χ1v) is 9.59. The third-order valence-electron chi connectivity index (χ3n) is 3.48. The SMILES string of the molecule is CCOC(CC(C)(C)CC(C)(C)C)(Oc1ccccc1)S(=O)(=O)O. The maximum atomic E-state index is 12.2. The third kappa shape index (κ3) is 6.07. The standard InChI is InChI=1S/C18H30O5S/c1-7-22-18(24(19,20)21,23-15-11-9-8-10-12-15)14-17(5,6)13-16(2,3)4/h8-12H,7,13-14H2,1-6H3,(H,19,20,21). The summed E-state index contributed by atoms with van der Waals surface area (Å²) < 4.78 is 45.5. The third-order valence-corrected chi connectivity index (χ3v) is 4.61. The molecule has 5 nitrogen and oxygen atoms in total. The van der Waals surface area contributed by atoms with Crippen molar-refractivity contribution in [1.29, 1.82) is 0 Å². The van der Waals surface area contributed by atoms with Gasteiger partial charge >= 0.3 is 15.2 Å². The summed E-state index contributed by atoms with van der Waals surface area (Å²) in [6.45, 7) is 11.9. The molecule has 1 unspecified atom stereocenters. The maximum absolute atomic E-state index is 12.2. The van der Waals surface area contributed by atoms with Gasteiger partial charge in [-0.1, -0.05) is 52.8 Å². The predicted molar refractivity (Wildman–Crippen MR) is 95.4 cm³/mol. The van der Waals surface area contributed by atoms with Gasteiger partial charge in [-0.2, -0.15) is 8.42 Å². The van der Waals surface area contributed by atoms with E-state index in [2.05, 4.69) is 20.8 Å². The van der Waals surface area contributed by atoms with E-state index >= 15 is 0 Å². The summed E-state index contributed by atoms with van der Waals surface area (Å²) in [7, 11) is -4.62. The van der Waals surface area contributed by atoms with Crippen LogP contribution in [0.4, 0.5) is 0 Å². The second-order valence-electron chi connectivity index (χ2n) is 8.08. The minimum absolute atomic E-state index is 0.00653. The summed E-state index contributed by atoms with van der Waals surface area (Å²) in [6, 6.07) is 8.53. The van der Waals surface area contributed by atoms with Crippen molar-refractivity contribution < 1.29 is 22.4 Å². The van der Waals surface area contributed by atoms with Gasteiger partial charge < -0.3 is 9.47 Å². The molecule has 0 aliphatic rings. The fourth-order valence-corrected chi connectivity index (χ4v) is 4.35. The van der Waals surface area contributed by atoms with E-state index in [0.717, 1.165) is 6.42 Å². The first-order chi connectivity index (χ1) is 10.8. The molecule has 1 rings (SSSR count). The van der Waals surface area contributed by atoms with Crippen molar-refractivity contribution in [3.8, 4) is 5.75 Å². The van der Waals surface area contributed by atoms with E-state index in [1.807, 2.05) is 13.8 Å². The molecule has 138 valence electrons. The zero-order valence-corrected chi connectivity index (χ0v) is 16.3. The average Bonchev–Trinajstić information content (AvgIpc) is 2.35. The molecule has 1 aromatic rings. The van der Waals surface area contributed by atoms with Gasteiger partial charge in [0.15, 0.2) is 0 Å². The lowest BCUT2D eigenvalue weighted by molar-refractivity contribution is -0.142. The molecule has 0 saturated heterocycles. The summed E-state index contributed by atoms with van der Waals surface area (Å²) in [5.41, 5.74) is -0.439. The molecule has 1 N–H and O–H groups in total. The molecule has 24 heavy (non-hydrogen) atoms. The summed E-state index contributed by atoms with van der Waals surface area (Å²) in [4.78, 5) is 0. The Balaban J connectivity index is 3.26. The second-order valence-corrected chi connectivity index (χ2v) is 9.66. The Morgan fingerprint density at radius 1 is 1.00 bits per heavy atom. The van der Waals surface area contributed by atoms with Crippen LogP contribution in [-0.4, -0.2) is 24.7 Å². The van der Waals surface area contributed by atoms with Crippen molar-refractivity contribution in [3.05, 3.63) is 30.3 Å². The molecular formula is C18H30O5S. The van der Waals surface area contributed by atoms with E-state index in [1.54, 1.807) is 37.3 Å². The minimum Gasteiger partial charge on any atom is -0.447 e. The van der Waals surface area contributed by atoms with Crippen LogP contribution in [0.2, 0.25) is 0 Å². The van der Waals surface area contributed by atoms with Crippen LogP contribution in [0.5, 0.6) is 5.75 Å². The second kappa shape index (κ2) is 7.42. The first-order valence-electron chi connectivity index (χ1n) is 8.15. The van der Waals surface area contributed by atoms with Crippen LogP contribution < -0.4 is 4.74 Å². The quantitative estimate of drug-likeness (QED) is 0.547. The zero-order valence-electron chi connectivity index (χ0n) is 15.5. The summed E-state index contributed by atoms with van der Waals surface area (Å²) in [5, 5.41) is -2.13. The van der Waals surface area contributed by atoms with Gasteiger partial charge in [-0.05, 0) is 36.3 Å². The molecule has 1 aromatic carbocycles. The van der Waals surface area contributed by atoms with Gasteiger partial charge in [-0.15, -0.1) is 0 Å². The van der Waals surface area contributed by atoms with Crippen LogP contribution in [-0.2, 0) is 14.9 Å². The van der Waals surface area contributed by atoms with Gasteiger partial charge in [0.05, 0.1) is 0 Å². The highest BCUT2D eigenvalue weighted by Gasteiger charge is 2.51. The molecule has 1 atom stereocenters. The lowest BCUT2D eigenvalue weighted by Gasteiger charge is -2.39. The Kier molecular flexibility index (Phi) is 6.47. The number of ether oxygens (including phenoxy) is 2. The molecule has 0 heterocycles. The van der Waals surface area contributed by atoms with Crippen LogP contribution in [0.3, 0.4) is 0 Å². The molecule has 0 saturated carbocycles. The van der Waals surface area contributed by atoms with E-state index < -0.39 is 20.7 Å². The van der Waals surface area contributed by atoms with Crippen LogP contribution in [0.1, 0.15) is 54.4 Å². The number of rotatable bonds is 8. The van der Waals surface area contributed by atoms with Gasteiger partial charge in [0.25, 0.3) is 0 Å². The van der Waals surface area contributed by atoms with Gasteiger partial charge in [0.1, 0.15) is 5.75 Å². The number of hydrogen-bond acceptors (Lipinski definition) is 4. The molecule has 6 heteroatoms. The highest BCUT2D eigenvalue weighted by molar-refractivity contribution is 7.86. The van der Waals surface area contributed by atoms with Crippen LogP contribution >= 0.6 is 0 Å². The smallest absolute Gasteiger partial charge is 0.341 e.